The molecule has 186 valence electrons. The van der Waals surface area contributed by atoms with E-state index in [1.807, 2.05) is 6.20 Å². The van der Waals surface area contributed by atoms with Crippen LogP contribution in [0.4, 0.5) is 24.8 Å². The fraction of sp³-hybridized carbons (Fsp3) is 0.478. The molecule has 5 rings (SSSR count). The highest BCUT2D eigenvalue weighted by atomic mass is 35.5. The minimum absolute atomic E-state index is 0.165. The molecule has 2 saturated heterocycles. The summed E-state index contributed by atoms with van der Waals surface area (Å²) in [7, 11) is 0. The molecule has 0 radical (unpaired) electrons. The molecule has 2 aliphatic heterocycles. The lowest BCUT2D eigenvalue weighted by Gasteiger charge is -2.34. The van der Waals surface area contributed by atoms with Crippen LogP contribution in [0.5, 0.6) is 0 Å². The molecule has 0 aliphatic carbocycles. The molecule has 0 saturated carbocycles. The number of halogens is 4. The van der Waals surface area contributed by atoms with Crippen molar-refractivity contribution in [1.29, 1.82) is 0 Å². The molecule has 0 bridgehead atoms. The van der Waals surface area contributed by atoms with Crippen molar-refractivity contribution in [2.24, 2.45) is 0 Å². The van der Waals surface area contributed by atoms with E-state index in [2.05, 4.69) is 29.3 Å². The minimum atomic E-state index is -4.50. The summed E-state index contributed by atoms with van der Waals surface area (Å²) in [6.45, 7) is 5.22. The maximum Gasteiger partial charge on any atom is 0.433 e. The molecule has 0 atom stereocenters. The first-order chi connectivity index (χ1) is 16.8. The average molecular weight is 507 g/mol. The van der Waals surface area contributed by atoms with Gasteiger partial charge in [0.05, 0.1) is 5.69 Å². The van der Waals surface area contributed by atoms with E-state index in [0.29, 0.717) is 35.2 Å². The Hall–Kier alpha value is -2.92. The maximum absolute atomic E-state index is 13.2. The molecular formula is C23H26ClF3N8. The van der Waals surface area contributed by atoms with Crippen LogP contribution >= 0.6 is 11.6 Å². The third-order valence-corrected chi connectivity index (χ3v) is 7.08. The number of aromatic nitrogens is 5. The normalized spacial score (nSPS) is 17.5. The average Bonchev–Trinajstić information content (AvgIpc) is 3.24. The van der Waals surface area contributed by atoms with Crippen LogP contribution in [-0.2, 0) is 12.7 Å². The molecule has 8 nitrogen and oxygen atoms in total. The number of nitrogen functional groups attached to an aromatic ring is 1. The second-order valence-electron chi connectivity index (χ2n) is 8.96. The van der Waals surface area contributed by atoms with Crippen molar-refractivity contribution in [3.05, 3.63) is 47.4 Å². The predicted molar refractivity (Wildman–Crippen MR) is 127 cm³/mol. The van der Waals surface area contributed by atoms with Crippen molar-refractivity contribution in [3.8, 4) is 11.3 Å². The Morgan fingerprint density at radius 2 is 1.83 bits per heavy atom. The Morgan fingerprint density at radius 3 is 2.51 bits per heavy atom. The summed E-state index contributed by atoms with van der Waals surface area (Å²) in [6, 6.07) is 2.64. The summed E-state index contributed by atoms with van der Waals surface area (Å²) in [5.74, 6) is 1.94. The first kappa shape index (κ1) is 23.8. The van der Waals surface area contributed by atoms with Crippen LogP contribution in [-0.4, -0.2) is 62.1 Å². The van der Waals surface area contributed by atoms with E-state index >= 15 is 0 Å². The Labute approximate surface area is 206 Å². The number of nitrogens with two attached hydrogens (primary N) is 1. The quantitative estimate of drug-likeness (QED) is 0.539. The van der Waals surface area contributed by atoms with Crippen LogP contribution in [0, 0.1) is 0 Å². The molecule has 2 aliphatic rings. The summed E-state index contributed by atoms with van der Waals surface area (Å²) in [5.41, 5.74) is 5.86. The predicted octanol–water partition coefficient (Wildman–Crippen LogP) is 4.08. The maximum atomic E-state index is 13.2. The highest BCUT2D eigenvalue weighted by molar-refractivity contribution is 6.35. The summed E-state index contributed by atoms with van der Waals surface area (Å²) in [4.78, 5) is 21.0. The van der Waals surface area contributed by atoms with E-state index < -0.39 is 11.9 Å². The first-order valence-corrected chi connectivity index (χ1v) is 12.0. The molecule has 2 fully saturated rings. The van der Waals surface area contributed by atoms with Gasteiger partial charge in [-0.25, -0.2) is 15.0 Å². The smallest absolute Gasteiger partial charge is 0.382 e. The molecule has 0 unspecified atom stereocenters. The number of anilines is 2. The van der Waals surface area contributed by atoms with Crippen molar-refractivity contribution >= 4 is 23.2 Å². The number of hydrogen-bond acceptors (Lipinski definition) is 7. The molecule has 0 aromatic carbocycles. The molecular weight excluding hydrogens is 481 g/mol. The van der Waals surface area contributed by atoms with Gasteiger partial charge in [0.15, 0.2) is 5.82 Å². The lowest BCUT2D eigenvalue weighted by atomic mass is 9.96. The third-order valence-electron chi connectivity index (χ3n) is 6.72. The molecule has 3 aromatic heterocycles. The van der Waals surface area contributed by atoms with Gasteiger partial charge >= 0.3 is 6.18 Å². The van der Waals surface area contributed by atoms with Crippen LogP contribution in [0.15, 0.2) is 30.9 Å². The van der Waals surface area contributed by atoms with Gasteiger partial charge in [-0.3, -0.25) is 4.98 Å². The molecule has 0 spiro atoms. The molecule has 35 heavy (non-hydrogen) atoms. The lowest BCUT2D eigenvalue weighted by Crippen LogP contribution is -2.39. The van der Waals surface area contributed by atoms with E-state index in [1.165, 1.54) is 18.9 Å². The van der Waals surface area contributed by atoms with Crippen LogP contribution in [0.25, 0.3) is 11.3 Å². The van der Waals surface area contributed by atoms with E-state index in [9.17, 15) is 13.2 Å². The number of rotatable bonds is 6. The number of piperidine rings is 1. The standard InChI is InChI=1S/C23H26ClF3N8/c24-19-20(28)30-14-31-22(19)34-8-3-15(4-9-34)21-32-17(13-35(21)11-10-33-6-1-7-33)16-2-5-29-18(12-16)23(25,26)27/h2,5,12-15H,1,3-4,6-11H2,(H2,28,30,31). The second-order valence-corrected chi connectivity index (χ2v) is 9.34. The summed E-state index contributed by atoms with van der Waals surface area (Å²) >= 11 is 6.31. The molecule has 5 heterocycles. The zero-order valence-corrected chi connectivity index (χ0v) is 19.8. The van der Waals surface area contributed by atoms with Crippen LogP contribution in [0.2, 0.25) is 5.02 Å². The number of alkyl halides is 3. The lowest BCUT2D eigenvalue weighted by molar-refractivity contribution is -0.141. The molecule has 3 aromatic rings. The van der Waals surface area contributed by atoms with Gasteiger partial charge in [-0.15, -0.1) is 0 Å². The van der Waals surface area contributed by atoms with Gasteiger partial charge in [0.25, 0.3) is 0 Å². The van der Waals surface area contributed by atoms with Crippen molar-refractivity contribution < 1.29 is 13.2 Å². The second kappa shape index (κ2) is 9.62. The Balaban J connectivity index is 1.38. The monoisotopic (exact) mass is 506 g/mol. The zero-order valence-electron chi connectivity index (χ0n) is 19.0. The first-order valence-electron chi connectivity index (χ1n) is 11.6. The molecule has 12 heteroatoms. The van der Waals surface area contributed by atoms with Gasteiger partial charge in [-0.2, -0.15) is 13.2 Å². The van der Waals surface area contributed by atoms with Gasteiger partial charge in [0, 0.05) is 50.1 Å². The fourth-order valence-corrected chi connectivity index (χ4v) is 4.83. The topological polar surface area (TPSA) is 89.0 Å². The van der Waals surface area contributed by atoms with Gasteiger partial charge in [-0.05, 0) is 44.5 Å². The Bertz CT molecular complexity index is 1190. The van der Waals surface area contributed by atoms with Crippen molar-refractivity contribution in [2.75, 3.05) is 43.4 Å². The molecule has 0 amide bonds. The minimum Gasteiger partial charge on any atom is -0.382 e. The van der Waals surface area contributed by atoms with E-state index in [0.717, 1.165) is 50.9 Å². The fourth-order valence-electron chi connectivity index (χ4n) is 4.62. The largest absolute Gasteiger partial charge is 0.433 e. The van der Waals surface area contributed by atoms with Crippen molar-refractivity contribution in [3.63, 3.8) is 0 Å². The van der Waals surface area contributed by atoms with Crippen LogP contribution in [0.3, 0.4) is 0 Å². The summed E-state index contributed by atoms with van der Waals surface area (Å²) in [6.07, 6.45) is 2.78. The Morgan fingerprint density at radius 1 is 1.06 bits per heavy atom. The summed E-state index contributed by atoms with van der Waals surface area (Å²) in [5, 5.41) is 0.349. The number of imidazole rings is 1. The van der Waals surface area contributed by atoms with E-state index in [-0.39, 0.29) is 11.7 Å². The third kappa shape index (κ3) is 5.06. The van der Waals surface area contributed by atoms with Gasteiger partial charge in [0.2, 0.25) is 0 Å². The van der Waals surface area contributed by atoms with Gasteiger partial charge in [-0.1, -0.05) is 11.6 Å². The number of likely N-dealkylation sites (tertiary alicyclic amines) is 1. The van der Waals surface area contributed by atoms with Crippen molar-refractivity contribution in [1.82, 2.24) is 29.4 Å². The van der Waals surface area contributed by atoms with Gasteiger partial charge < -0.3 is 20.1 Å². The SMILES string of the molecule is Nc1ncnc(N2CCC(c3nc(-c4ccnc(C(F)(F)F)c4)cn3CCN3CCC3)CC2)c1Cl. The number of nitrogens with zero attached hydrogens (tertiary/aromatic N) is 7. The van der Waals surface area contributed by atoms with Gasteiger partial charge in [0.1, 0.15) is 28.7 Å². The number of pyridine rings is 1. The van der Waals surface area contributed by atoms with E-state index in [1.54, 1.807) is 6.07 Å². The Kier molecular flexibility index (Phi) is 6.54. The summed E-state index contributed by atoms with van der Waals surface area (Å²) < 4.78 is 41.8. The van der Waals surface area contributed by atoms with Crippen LogP contribution < -0.4 is 10.6 Å². The highest BCUT2D eigenvalue weighted by Gasteiger charge is 2.33. The highest BCUT2D eigenvalue weighted by Crippen LogP contribution is 2.35. The van der Waals surface area contributed by atoms with Crippen LogP contribution in [0.1, 0.15) is 36.7 Å². The van der Waals surface area contributed by atoms with Crippen molar-refractivity contribution in [2.45, 2.75) is 37.9 Å². The van der Waals surface area contributed by atoms with E-state index in [4.69, 9.17) is 22.3 Å². The molecule has 2 N–H and O–H groups in total. The zero-order chi connectivity index (χ0) is 24.6. The number of hydrogen-bond donors (Lipinski definition) is 1.